The third kappa shape index (κ3) is 1.70. The zero-order valence-electron chi connectivity index (χ0n) is 9.54. The highest BCUT2D eigenvalue weighted by Gasteiger charge is 2.06. The minimum absolute atomic E-state index is 0.638. The van der Waals surface area contributed by atoms with Crippen LogP contribution >= 0.6 is 0 Å². The molecule has 1 aromatic carbocycles. The molecule has 0 aliphatic carbocycles. The first-order chi connectivity index (χ1) is 8.88. The number of aromatic nitrogens is 2. The zero-order chi connectivity index (χ0) is 12.4. The molecule has 0 saturated carbocycles. The Labute approximate surface area is 104 Å². The average molecular weight is 231 g/mol. The van der Waals surface area contributed by atoms with Gasteiger partial charge in [-0.25, -0.2) is 4.98 Å². The standard InChI is InChI=1S/C15H9N3/c16-9-12-8-15(11-4-3-7-17-10-11)18-14-6-2-1-5-13(12)14/h1-8,10H. The number of nitrogens with zero attached hydrogens (tertiary/aromatic N) is 3. The molecule has 0 saturated heterocycles. The van der Waals surface area contributed by atoms with Crippen LogP contribution in [0.1, 0.15) is 5.56 Å². The van der Waals surface area contributed by atoms with Crippen LogP contribution in [0.15, 0.2) is 54.9 Å². The van der Waals surface area contributed by atoms with Gasteiger partial charge in [-0.15, -0.1) is 0 Å². The molecule has 3 aromatic rings. The van der Waals surface area contributed by atoms with Crippen molar-refractivity contribution in [2.45, 2.75) is 0 Å². The van der Waals surface area contributed by atoms with Crippen LogP contribution in [-0.2, 0) is 0 Å². The van der Waals surface area contributed by atoms with Crippen molar-refractivity contribution in [2.24, 2.45) is 0 Å². The maximum absolute atomic E-state index is 9.21. The first kappa shape index (κ1) is 10.4. The summed E-state index contributed by atoms with van der Waals surface area (Å²) < 4.78 is 0. The summed E-state index contributed by atoms with van der Waals surface area (Å²) in [5.41, 5.74) is 3.16. The monoisotopic (exact) mass is 231 g/mol. The smallest absolute Gasteiger partial charge is 0.0999 e. The first-order valence-corrected chi connectivity index (χ1v) is 5.59. The molecule has 0 atom stereocenters. The summed E-state index contributed by atoms with van der Waals surface area (Å²) in [6.45, 7) is 0. The quantitative estimate of drug-likeness (QED) is 0.646. The number of nitriles is 1. The van der Waals surface area contributed by atoms with Gasteiger partial charge < -0.3 is 0 Å². The molecule has 0 N–H and O–H groups in total. The Morgan fingerprint density at radius 2 is 1.94 bits per heavy atom. The zero-order valence-corrected chi connectivity index (χ0v) is 9.54. The van der Waals surface area contributed by atoms with E-state index in [1.165, 1.54) is 0 Å². The van der Waals surface area contributed by atoms with Gasteiger partial charge in [0.2, 0.25) is 0 Å². The second-order valence-corrected chi connectivity index (χ2v) is 3.93. The van der Waals surface area contributed by atoms with E-state index in [2.05, 4.69) is 16.0 Å². The minimum atomic E-state index is 0.638. The number of rotatable bonds is 1. The number of benzene rings is 1. The van der Waals surface area contributed by atoms with Gasteiger partial charge in [0.25, 0.3) is 0 Å². The largest absolute Gasteiger partial charge is 0.264 e. The summed E-state index contributed by atoms with van der Waals surface area (Å²) in [5, 5.41) is 10.1. The van der Waals surface area contributed by atoms with E-state index in [1.807, 2.05) is 36.4 Å². The molecule has 0 aliphatic heterocycles. The van der Waals surface area contributed by atoms with E-state index in [0.29, 0.717) is 5.56 Å². The summed E-state index contributed by atoms with van der Waals surface area (Å²) in [6, 6.07) is 15.5. The van der Waals surface area contributed by atoms with Crippen LogP contribution in [0.2, 0.25) is 0 Å². The highest BCUT2D eigenvalue weighted by molar-refractivity contribution is 5.87. The second kappa shape index (κ2) is 4.27. The summed E-state index contributed by atoms with van der Waals surface area (Å²) >= 11 is 0. The van der Waals surface area contributed by atoms with Gasteiger partial charge in [0.15, 0.2) is 0 Å². The van der Waals surface area contributed by atoms with Gasteiger partial charge in [0.1, 0.15) is 0 Å². The van der Waals surface area contributed by atoms with Crippen molar-refractivity contribution in [2.75, 3.05) is 0 Å². The van der Waals surface area contributed by atoms with Crippen LogP contribution in [0, 0.1) is 11.3 Å². The minimum Gasteiger partial charge on any atom is -0.264 e. The molecule has 3 heteroatoms. The Morgan fingerprint density at radius 1 is 1.06 bits per heavy atom. The van der Waals surface area contributed by atoms with Gasteiger partial charge >= 0.3 is 0 Å². The number of para-hydroxylation sites is 1. The van der Waals surface area contributed by atoms with Crippen molar-refractivity contribution >= 4 is 10.9 Å². The Balaban J connectivity index is 2.30. The normalized spacial score (nSPS) is 10.2. The molecule has 0 spiro atoms. The van der Waals surface area contributed by atoms with Crippen LogP contribution in [-0.4, -0.2) is 9.97 Å². The van der Waals surface area contributed by atoms with Crippen molar-refractivity contribution in [3.63, 3.8) is 0 Å². The maximum Gasteiger partial charge on any atom is 0.0999 e. The fraction of sp³-hybridized carbons (Fsp3) is 0. The highest BCUT2D eigenvalue weighted by Crippen LogP contribution is 2.23. The van der Waals surface area contributed by atoms with Gasteiger partial charge in [0, 0.05) is 23.3 Å². The Hall–Kier alpha value is -2.73. The fourth-order valence-corrected chi connectivity index (χ4v) is 1.93. The number of pyridine rings is 2. The van der Waals surface area contributed by atoms with Crippen LogP contribution in [0.25, 0.3) is 22.2 Å². The lowest BCUT2D eigenvalue weighted by Crippen LogP contribution is -1.89. The lowest BCUT2D eigenvalue weighted by atomic mass is 10.1. The van der Waals surface area contributed by atoms with E-state index in [4.69, 9.17) is 0 Å². The number of hydrogen-bond donors (Lipinski definition) is 0. The Kier molecular flexibility index (Phi) is 2.47. The molecule has 0 amide bonds. The molecular weight excluding hydrogens is 222 g/mol. The molecule has 0 radical (unpaired) electrons. The summed E-state index contributed by atoms with van der Waals surface area (Å²) in [6.07, 6.45) is 3.47. The third-order valence-corrected chi connectivity index (χ3v) is 2.79. The molecule has 0 unspecified atom stereocenters. The second-order valence-electron chi connectivity index (χ2n) is 3.93. The maximum atomic E-state index is 9.21. The molecule has 0 bridgehead atoms. The topological polar surface area (TPSA) is 49.6 Å². The van der Waals surface area contributed by atoms with Gasteiger partial charge in [0.05, 0.1) is 22.8 Å². The molecule has 84 valence electrons. The van der Waals surface area contributed by atoms with Gasteiger partial charge in [-0.1, -0.05) is 18.2 Å². The first-order valence-electron chi connectivity index (χ1n) is 5.59. The Morgan fingerprint density at radius 3 is 2.72 bits per heavy atom. The SMILES string of the molecule is N#Cc1cc(-c2cccnc2)nc2ccccc12. The van der Waals surface area contributed by atoms with Crippen LogP contribution in [0.4, 0.5) is 0 Å². The predicted molar refractivity (Wildman–Crippen MR) is 69.7 cm³/mol. The van der Waals surface area contributed by atoms with Crippen LogP contribution < -0.4 is 0 Å². The highest BCUT2D eigenvalue weighted by atomic mass is 14.7. The molecule has 18 heavy (non-hydrogen) atoms. The molecule has 2 aromatic heterocycles. The molecule has 2 heterocycles. The van der Waals surface area contributed by atoms with E-state index >= 15 is 0 Å². The fourth-order valence-electron chi connectivity index (χ4n) is 1.93. The third-order valence-electron chi connectivity index (χ3n) is 2.79. The molecule has 3 rings (SSSR count). The van der Waals surface area contributed by atoms with E-state index in [-0.39, 0.29) is 0 Å². The number of hydrogen-bond acceptors (Lipinski definition) is 3. The van der Waals surface area contributed by atoms with Gasteiger partial charge in [-0.05, 0) is 24.3 Å². The van der Waals surface area contributed by atoms with E-state index < -0.39 is 0 Å². The average Bonchev–Trinajstić information content (AvgIpc) is 2.47. The van der Waals surface area contributed by atoms with Crippen molar-refractivity contribution in [1.29, 1.82) is 5.26 Å². The van der Waals surface area contributed by atoms with Crippen LogP contribution in [0.3, 0.4) is 0 Å². The predicted octanol–water partition coefficient (Wildman–Crippen LogP) is 3.17. The molecular formula is C15H9N3. The van der Waals surface area contributed by atoms with E-state index in [9.17, 15) is 5.26 Å². The van der Waals surface area contributed by atoms with E-state index in [1.54, 1.807) is 18.5 Å². The molecule has 0 aliphatic rings. The van der Waals surface area contributed by atoms with Gasteiger partial charge in [-0.3, -0.25) is 4.98 Å². The molecule has 0 fully saturated rings. The van der Waals surface area contributed by atoms with Crippen molar-refractivity contribution in [3.05, 3.63) is 60.4 Å². The lowest BCUT2D eigenvalue weighted by Gasteiger charge is -2.04. The van der Waals surface area contributed by atoms with E-state index in [0.717, 1.165) is 22.2 Å². The van der Waals surface area contributed by atoms with Gasteiger partial charge in [-0.2, -0.15) is 5.26 Å². The summed E-state index contributed by atoms with van der Waals surface area (Å²) in [5.74, 6) is 0. The van der Waals surface area contributed by atoms with Crippen molar-refractivity contribution in [3.8, 4) is 17.3 Å². The van der Waals surface area contributed by atoms with Crippen LogP contribution in [0.5, 0.6) is 0 Å². The lowest BCUT2D eigenvalue weighted by molar-refractivity contribution is 1.30. The Bertz CT molecular complexity index is 743. The summed E-state index contributed by atoms with van der Waals surface area (Å²) in [7, 11) is 0. The number of fused-ring (bicyclic) bond motifs is 1. The van der Waals surface area contributed by atoms with Crippen molar-refractivity contribution < 1.29 is 0 Å². The summed E-state index contributed by atoms with van der Waals surface area (Å²) in [4.78, 5) is 8.64. The molecule has 3 nitrogen and oxygen atoms in total. The van der Waals surface area contributed by atoms with Crippen molar-refractivity contribution in [1.82, 2.24) is 9.97 Å².